The van der Waals surface area contributed by atoms with E-state index in [2.05, 4.69) is 21.9 Å². The van der Waals surface area contributed by atoms with Crippen molar-refractivity contribution >= 4 is 28.0 Å². The largest absolute Gasteiger partial charge is 0.497 e. The molecule has 2 N–H and O–H groups in total. The third-order valence-corrected chi connectivity index (χ3v) is 5.82. The van der Waals surface area contributed by atoms with E-state index in [-0.39, 0.29) is 6.61 Å². The van der Waals surface area contributed by atoms with Crippen LogP contribution in [0.5, 0.6) is 5.75 Å². The average molecular weight is 401 g/mol. The van der Waals surface area contributed by atoms with E-state index in [4.69, 9.17) is 15.2 Å². The topological polar surface area (TPSA) is 91.8 Å². The molecule has 0 atom stereocenters. The van der Waals surface area contributed by atoms with E-state index in [1.807, 2.05) is 18.2 Å². The van der Waals surface area contributed by atoms with Gasteiger partial charge in [0.05, 0.1) is 19.3 Å². The summed E-state index contributed by atoms with van der Waals surface area (Å²) in [6.45, 7) is 5.90. The summed E-state index contributed by atoms with van der Waals surface area (Å²) < 4.78 is 10.4. The van der Waals surface area contributed by atoms with E-state index < -0.39 is 5.97 Å². The van der Waals surface area contributed by atoms with Gasteiger partial charge in [0.25, 0.3) is 0 Å². The van der Waals surface area contributed by atoms with Crippen LogP contribution in [0.25, 0.3) is 0 Å². The minimum absolute atomic E-state index is 0.289. The quantitative estimate of drug-likeness (QED) is 0.745. The number of thiophene rings is 1. The van der Waals surface area contributed by atoms with Crippen LogP contribution in [0, 0.1) is 11.3 Å². The highest BCUT2D eigenvalue weighted by Crippen LogP contribution is 2.32. The molecule has 148 valence electrons. The number of benzene rings is 1. The summed E-state index contributed by atoms with van der Waals surface area (Å²) in [5.74, 6) is 0.428. The summed E-state index contributed by atoms with van der Waals surface area (Å²) in [7, 11) is 1.66. The molecule has 2 heterocycles. The van der Waals surface area contributed by atoms with Crippen LogP contribution in [0.4, 0.5) is 10.7 Å². The molecule has 8 heteroatoms. The van der Waals surface area contributed by atoms with Crippen molar-refractivity contribution in [2.45, 2.75) is 13.5 Å². The van der Waals surface area contributed by atoms with Crippen molar-refractivity contribution in [3.05, 3.63) is 40.3 Å². The van der Waals surface area contributed by atoms with Gasteiger partial charge in [-0.3, -0.25) is 4.90 Å². The van der Waals surface area contributed by atoms with E-state index in [1.165, 1.54) is 0 Å². The molecule has 0 bridgehead atoms. The number of methoxy groups -OCH3 is 1. The number of anilines is 2. The van der Waals surface area contributed by atoms with E-state index in [1.54, 1.807) is 14.0 Å². The molecule has 0 unspecified atom stereocenters. The minimum Gasteiger partial charge on any atom is -0.497 e. The van der Waals surface area contributed by atoms with Gasteiger partial charge in [-0.15, -0.1) is 11.3 Å². The lowest BCUT2D eigenvalue weighted by Crippen LogP contribution is -2.46. The van der Waals surface area contributed by atoms with Gasteiger partial charge in [0.15, 0.2) is 0 Å². The zero-order valence-electron chi connectivity index (χ0n) is 16.1. The molecule has 0 aliphatic carbocycles. The fourth-order valence-electron chi connectivity index (χ4n) is 3.31. The van der Waals surface area contributed by atoms with E-state index in [9.17, 15) is 10.1 Å². The van der Waals surface area contributed by atoms with Crippen molar-refractivity contribution in [3.63, 3.8) is 0 Å². The molecule has 1 fully saturated rings. The predicted molar refractivity (Wildman–Crippen MR) is 110 cm³/mol. The van der Waals surface area contributed by atoms with Crippen molar-refractivity contribution in [1.82, 2.24) is 4.90 Å². The summed E-state index contributed by atoms with van der Waals surface area (Å²) in [5.41, 5.74) is 8.17. The van der Waals surface area contributed by atoms with Gasteiger partial charge in [-0.25, -0.2) is 4.79 Å². The first-order chi connectivity index (χ1) is 13.6. The van der Waals surface area contributed by atoms with Gasteiger partial charge >= 0.3 is 5.97 Å². The van der Waals surface area contributed by atoms with Crippen LogP contribution in [0.3, 0.4) is 0 Å². The number of piperazine rings is 1. The van der Waals surface area contributed by atoms with Crippen LogP contribution >= 0.6 is 11.3 Å². The van der Waals surface area contributed by atoms with E-state index in [0.29, 0.717) is 27.5 Å². The molecule has 1 aromatic carbocycles. The van der Waals surface area contributed by atoms with Gasteiger partial charge in [-0.05, 0) is 19.1 Å². The number of rotatable bonds is 6. The molecule has 2 aromatic rings. The Morgan fingerprint density at radius 3 is 2.71 bits per heavy atom. The van der Waals surface area contributed by atoms with Gasteiger partial charge < -0.3 is 20.1 Å². The first-order valence-electron chi connectivity index (χ1n) is 9.17. The maximum atomic E-state index is 12.3. The van der Waals surface area contributed by atoms with Crippen LogP contribution in [0.2, 0.25) is 0 Å². The van der Waals surface area contributed by atoms with Crippen molar-refractivity contribution in [2.24, 2.45) is 0 Å². The number of ether oxygens (including phenoxy) is 2. The second-order valence-corrected chi connectivity index (χ2v) is 7.50. The highest BCUT2D eigenvalue weighted by atomic mass is 32.1. The van der Waals surface area contributed by atoms with E-state index in [0.717, 1.165) is 49.0 Å². The maximum absolute atomic E-state index is 12.3. The zero-order chi connectivity index (χ0) is 20.1. The number of esters is 1. The summed E-state index contributed by atoms with van der Waals surface area (Å²) in [6, 6.07) is 10.2. The SMILES string of the molecule is CCOC(=O)c1sc(N)c(C#N)c1CN1CCN(c2cccc(OC)c2)CC1. The van der Waals surface area contributed by atoms with Crippen molar-refractivity contribution in [1.29, 1.82) is 5.26 Å². The summed E-state index contributed by atoms with van der Waals surface area (Å²) in [5, 5.41) is 9.85. The Kier molecular flexibility index (Phi) is 6.39. The molecule has 0 saturated carbocycles. The minimum atomic E-state index is -0.411. The molecule has 1 aliphatic heterocycles. The van der Waals surface area contributed by atoms with Crippen LogP contribution in [-0.4, -0.2) is 50.8 Å². The van der Waals surface area contributed by atoms with Gasteiger partial charge in [0, 0.05) is 50.0 Å². The lowest BCUT2D eigenvalue weighted by Gasteiger charge is -2.36. The molecule has 7 nitrogen and oxygen atoms in total. The number of nitrogens with two attached hydrogens (primary N) is 1. The first kappa shape index (κ1) is 20.0. The Bertz CT molecular complexity index is 882. The number of nitrogens with zero attached hydrogens (tertiary/aromatic N) is 3. The molecule has 1 aromatic heterocycles. The van der Waals surface area contributed by atoms with Crippen molar-refractivity contribution in [3.8, 4) is 11.8 Å². The Morgan fingerprint density at radius 1 is 1.32 bits per heavy atom. The number of nitriles is 1. The molecular weight excluding hydrogens is 376 g/mol. The second kappa shape index (κ2) is 8.95. The smallest absolute Gasteiger partial charge is 0.348 e. The lowest BCUT2D eigenvalue weighted by atomic mass is 10.1. The van der Waals surface area contributed by atoms with Crippen LogP contribution in [-0.2, 0) is 11.3 Å². The summed E-state index contributed by atoms with van der Waals surface area (Å²) >= 11 is 1.13. The van der Waals surface area contributed by atoms with Gasteiger partial charge in [-0.2, -0.15) is 5.26 Å². The lowest BCUT2D eigenvalue weighted by molar-refractivity contribution is 0.0529. The predicted octanol–water partition coefficient (Wildman–Crippen LogP) is 2.71. The monoisotopic (exact) mass is 400 g/mol. The molecule has 28 heavy (non-hydrogen) atoms. The standard InChI is InChI=1S/C20H24N4O3S/c1-3-27-20(25)18-17(16(12-21)19(22)28-18)13-23-7-9-24(10-8-23)14-5-4-6-15(11-14)26-2/h4-6,11H,3,7-10,13,22H2,1-2H3. The van der Waals surface area contributed by atoms with Crippen molar-refractivity contribution in [2.75, 3.05) is 50.5 Å². The second-order valence-electron chi connectivity index (χ2n) is 6.45. The average Bonchev–Trinajstić information content (AvgIpc) is 3.04. The Labute approximate surface area is 168 Å². The fraction of sp³-hybridized carbons (Fsp3) is 0.400. The van der Waals surface area contributed by atoms with Gasteiger partial charge in [0.1, 0.15) is 21.7 Å². The van der Waals surface area contributed by atoms with Gasteiger partial charge in [-0.1, -0.05) is 6.07 Å². The molecular formula is C20H24N4O3S. The third-order valence-electron chi connectivity index (χ3n) is 4.78. The Hall–Kier alpha value is -2.76. The normalized spacial score (nSPS) is 14.5. The molecule has 1 aliphatic rings. The number of nitrogen functional groups attached to an aromatic ring is 1. The number of carbonyl (C=O) groups excluding carboxylic acids is 1. The highest BCUT2D eigenvalue weighted by Gasteiger charge is 2.26. The third kappa shape index (κ3) is 4.21. The van der Waals surface area contributed by atoms with Crippen molar-refractivity contribution < 1.29 is 14.3 Å². The number of hydrogen-bond acceptors (Lipinski definition) is 8. The fourth-order valence-corrected chi connectivity index (χ4v) is 4.24. The van der Waals surface area contributed by atoms with Gasteiger partial charge in [0.2, 0.25) is 0 Å². The van der Waals surface area contributed by atoms with E-state index >= 15 is 0 Å². The van der Waals surface area contributed by atoms with Crippen LogP contribution in [0.15, 0.2) is 24.3 Å². The Balaban J connectivity index is 1.71. The molecule has 1 saturated heterocycles. The molecule has 0 amide bonds. The maximum Gasteiger partial charge on any atom is 0.348 e. The van der Waals surface area contributed by atoms with Crippen LogP contribution in [0.1, 0.15) is 27.7 Å². The Morgan fingerprint density at radius 2 is 2.07 bits per heavy atom. The summed E-state index contributed by atoms with van der Waals surface area (Å²) in [4.78, 5) is 17.2. The first-order valence-corrected chi connectivity index (χ1v) is 9.98. The molecule has 3 rings (SSSR count). The molecule has 0 spiro atoms. The molecule has 0 radical (unpaired) electrons. The summed E-state index contributed by atoms with van der Waals surface area (Å²) in [6.07, 6.45) is 0. The number of carbonyl (C=O) groups is 1. The van der Waals surface area contributed by atoms with Crippen LogP contribution < -0.4 is 15.4 Å². The number of hydrogen-bond donors (Lipinski definition) is 1. The highest BCUT2D eigenvalue weighted by molar-refractivity contribution is 7.18. The zero-order valence-corrected chi connectivity index (χ0v) is 16.9.